The van der Waals surface area contributed by atoms with Gasteiger partial charge in [0.25, 0.3) is 5.91 Å². The molecule has 0 aromatic carbocycles. The molecule has 1 N–H and O–H groups in total. The fourth-order valence-electron chi connectivity index (χ4n) is 2.59. The summed E-state index contributed by atoms with van der Waals surface area (Å²) >= 11 is 6.11. The summed E-state index contributed by atoms with van der Waals surface area (Å²) in [5.74, 6) is 0.400. The molecule has 0 fully saturated rings. The van der Waals surface area contributed by atoms with Crippen LogP contribution < -0.4 is 5.32 Å². The summed E-state index contributed by atoms with van der Waals surface area (Å²) in [4.78, 5) is 18.6. The van der Waals surface area contributed by atoms with Crippen molar-refractivity contribution < 1.29 is 4.79 Å². The number of likely N-dealkylation sites (N-methyl/N-ethyl adjacent to an activating group) is 1. The second-order valence-corrected chi connectivity index (χ2v) is 6.03. The van der Waals surface area contributed by atoms with E-state index in [1.807, 2.05) is 6.92 Å². The van der Waals surface area contributed by atoms with Crippen LogP contribution in [0.5, 0.6) is 0 Å². The maximum absolute atomic E-state index is 12.2. The molecule has 1 aromatic rings. The molecule has 0 radical (unpaired) electrons. The number of nitrogens with zero attached hydrogens (tertiary/aromatic N) is 2. The molecule has 4 nitrogen and oxygen atoms in total. The molecule has 1 unspecified atom stereocenters. The Morgan fingerprint density at radius 3 is 2.48 bits per heavy atom. The Labute approximate surface area is 132 Å². The number of aryl methyl sites for hydroxylation is 1. The zero-order valence-corrected chi connectivity index (χ0v) is 14.4. The number of carbonyl (C=O) groups excluding carboxylic acids is 1. The van der Waals surface area contributed by atoms with E-state index in [0.717, 1.165) is 18.5 Å². The Morgan fingerprint density at radius 1 is 1.38 bits per heavy atom. The maximum atomic E-state index is 12.2. The molecule has 1 atom stereocenters. The smallest absolute Gasteiger partial charge is 0.254 e. The topological polar surface area (TPSA) is 45.2 Å². The van der Waals surface area contributed by atoms with Gasteiger partial charge in [0.15, 0.2) is 0 Å². The third-order valence-electron chi connectivity index (χ3n) is 3.96. The van der Waals surface area contributed by atoms with Crippen molar-refractivity contribution in [1.29, 1.82) is 0 Å². The fourth-order valence-corrected chi connectivity index (χ4v) is 2.88. The van der Waals surface area contributed by atoms with E-state index in [-0.39, 0.29) is 5.91 Å². The zero-order chi connectivity index (χ0) is 16.0. The summed E-state index contributed by atoms with van der Waals surface area (Å²) in [6.45, 7) is 6.84. The van der Waals surface area contributed by atoms with Crippen molar-refractivity contribution in [3.05, 3.63) is 28.5 Å². The van der Waals surface area contributed by atoms with Crippen LogP contribution in [0, 0.1) is 12.8 Å². The molecular formula is C16H26ClN3O. The summed E-state index contributed by atoms with van der Waals surface area (Å²) in [5, 5.41) is 3.43. The first-order valence-corrected chi connectivity index (χ1v) is 7.85. The van der Waals surface area contributed by atoms with E-state index in [4.69, 9.17) is 11.6 Å². The lowest BCUT2D eigenvalue weighted by Gasteiger charge is -2.31. The van der Waals surface area contributed by atoms with Gasteiger partial charge in [0, 0.05) is 24.5 Å². The van der Waals surface area contributed by atoms with Gasteiger partial charge >= 0.3 is 0 Å². The summed E-state index contributed by atoms with van der Waals surface area (Å²) in [6.07, 6.45) is 3.74. The maximum Gasteiger partial charge on any atom is 0.254 e. The van der Waals surface area contributed by atoms with Gasteiger partial charge in [0.2, 0.25) is 0 Å². The minimum absolute atomic E-state index is 0.162. The number of amides is 1. The van der Waals surface area contributed by atoms with E-state index in [2.05, 4.69) is 43.1 Å². The standard InChI is InChI=1S/C16H26ClN3O/c1-6-12(7-2)15(20(4)5)10-19-16(21)13-9-18-11(3)8-14(13)17/h8-9,12,15H,6-7,10H2,1-5H3,(H,19,21). The fraction of sp³-hybridized carbons (Fsp3) is 0.625. The lowest BCUT2D eigenvalue weighted by Crippen LogP contribution is -2.44. The highest BCUT2D eigenvalue weighted by molar-refractivity contribution is 6.33. The summed E-state index contributed by atoms with van der Waals surface area (Å²) in [7, 11) is 4.10. The zero-order valence-electron chi connectivity index (χ0n) is 13.6. The Balaban J connectivity index is 2.73. The molecule has 0 aliphatic heterocycles. The first-order chi connectivity index (χ1) is 9.90. The molecule has 5 heteroatoms. The number of halogens is 1. The van der Waals surface area contributed by atoms with E-state index < -0.39 is 0 Å². The lowest BCUT2D eigenvalue weighted by molar-refractivity contribution is 0.0928. The highest BCUT2D eigenvalue weighted by Crippen LogP contribution is 2.18. The first kappa shape index (κ1) is 17.9. The molecule has 0 aliphatic rings. The van der Waals surface area contributed by atoms with Crippen LogP contribution in [-0.2, 0) is 0 Å². The lowest BCUT2D eigenvalue weighted by atomic mass is 9.93. The van der Waals surface area contributed by atoms with Crippen molar-refractivity contribution in [2.24, 2.45) is 5.92 Å². The van der Waals surface area contributed by atoms with Gasteiger partial charge in [-0.25, -0.2) is 0 Å². The molecule has 0 spiro atoms. The number of pyridine rings is 1. The number of aromatic nitrogens is 1. The average Bonchev–Trinajstić information content (AvgIpc) is 2.42. The Morgan fingerprint density at radius 2 is 2.00 bits per heavy atom. The minimum Gasteiger partial charge on any atom is -0.350 e. The van der Waals surface area contributed by atoms with Gasteiger partial charge in [-0.2, -0.15) is 0 Å². The Bertz CT molecular complexity index is 473. The SMILES string of the molecule is CCC(CC)C(CNC(=O)c1cnc(C)cc1Cl)N(C)C. The molecule has 0 saturated heterocycles. The van der Waals surface area contributed by atoms with Crippen molar-refractivity contribution in [2.75, 3.05) is 20.6 Å². The molecule has 0 bridgehead atoms. The van der Waals surface area contributed by atoms with Gasteiger partial charge < -0.3 is 10.2 Å². The highest BCUT2D eigenvalue weighted by Gasteiger charge is 2.22. The van der Waals surface area contributed by atoms with Crippen molar-refractivity contribution >= 4 is 17.5 Å². The van der Waals surface area contributed by atoms with Gasteiger partial charge in [0.1, 0.15) is 0 Å². The van der Waals surface area contributed by atoms with Crippen LogP contribution in [0.25, 0.3) is 0 Å². The summed E-state index contributed by atoms with van der Waals surface area (Å²) < 4.78 is 0. The van der Waals surface area contributed by atoms with Crippen LogP contribution in [0.4, 0.5) is 0 Å². The van der Waals surface area contributed by atoms with Crippen LogP contribution in [-0.4, -0.2) is 42.5 Å². The van der Waals surface area contributed by atoms with Crippen LogP contribution in [0.15, 0.2) is 12.3 Å². The number of rotatable bonds is 7. The van der Waals surface area contributed by atoms with Crippen LogP contribution in [0.2, 0.25) is 5.02 Å². The first-order valence-electron chi connectivity index (χ1n) is 7.47. The molecule has 118 valence electrons. The van der Waals surface area contributed by atoms with Gasteiger partial charge in [-0.15, -0.1) is 0 Å². The number of hydrogen-bond acceptors (Lipinski definition) is 3. The van der Waals surface area contributed by atoms with E-state index in [1.54, 1.807) is 6.07 Å². The van der Waals surface area contributed by atoms with Crippen molar-refractivity contribution in [2.45, 2.75) is 39.7 Å². The second-order valence-electron chi connectivity index (χ2n) is 5.62. The van der Waals surface area contributed by atoms with Crippen LogP contribution >= 0.6 is 11.6 Å². The Kier molecular flexibility index (Phi) is 7.12. The van der Waals surface area contributed by atoms with E-state index in [0.29, 0.717) is 29.1 Å². The van der Waals surface area contributed by atoms with Crippen LogP contribution in [0.3, 0.4) is 0 Å². The predicted molar refractivity (Wildman–Crippen MR) is 87.9 cm³/mol. The van der Waals surface area contributed by atoms with Gasteiger partial charge in [-0.1, -0.05) is 38.3 Å². The van der Waals surface area contributed by atoms with Crippen molar-refractivity contribution in [3.63, 3.8) is 0 Å². The quantitative estimate of drug-likeness (QED) is 0.841. The molecule has 1 rings (SSSR count). The molecule has 1 amide bonds. The van der Waals surface area contributed by atoms with E-state index in [9.17, 15) is 4.79 Å². The summed E-state index contributed by atoms with van der Waals surface area (Å²) in [6, 6.07) is 2.03. The van der Waals surface area contributed by atoms with Gasteiger partial charge in [0.05, 0.1) is 10.6 Å². The average molecular weight is 312 g/mol. The third kappa shape index (κ3) is 4.97. The molecule has 0 saturated carbocycles. The second kappa shape index (κ2) is 8.35. The Hall–Kier alpha value is -1.13. The van der Waals surface area contributed by atoms with Crippen LogP contribution in [0.1, 0.15) is 42.7 Å². The molecule has 0 aliphatic carbocycles. The molecule has 21 heavy (non-hydrogen) atoms. The van der Waals surface area contributed by atoms with Gasteiger partial charge in [-0.3, -0.25) is 9.78 Å². The highest BCUT2D eigenvalue weighted by atomic mass is 35.5. The van der Waals surface area contributed by atoms with Crippen molar-refractivity contribution in [1.82, 2.24) is 15.2 Å². The molecule has 1 aromatic heterocycles. The monoisotopic (exact) mass is 311 g/mol. The normalized spacial score (nSPS) is 12.8. The van der Waals surface area contributed by atoms with Crippen molar-refractivity contribution in [3.8, 4) is 0 Å². The minimum atomic E-state index is -0.162. The summed E-state index contributed by atoms with van der Waals surface area (Å²) in [5.41, 5.74) is 1.24. The van der Waals surface area contributed by atoms with Gasteiger partial charge in [-0.05, 0) is 33.0 Å². The largest absolute Gasteiger partial charge is 0.350 e. The third-order valence-corrected chi connectivity index (χ3v) is 4.28. The number of hydrogen-bond donors (Lipinski definition) is 1. The molecule has 1 heterocycles. The van der Waals surface area contributed by atoms with E-state index >= 15 is 0 Å². The number of nitrogens with one attached hydrogen (secondary N) is 1. The van der Waals surface area contributed by atoms with E-state index in [1.165, 1.54) is 6.20 Å². The predicted octanol–water partition coefficient (Wildman–Crippen LogP) is 3.14. The number of carbonyl (C=O) groups is 1. The molecular weight excluding hydrogens is 286 g/mol.